The monoisotopic (exact) mass is 267 g/mol. The van der Waals surface area contributed by atoms with Gasteiger partial charge in [-0.2, -0.15) is 16.9 Å². The Morgan fingerprint density at radius 3 is 3.11 bits per heavy atom. The zero-order chi connectivity index (χ0) is 12.8. The van der Waals surface area contributed by atoms with E-state index in [2.05, 4.69) is 37.6 Å². The molecule has 1 aliphatic rings. The van der Waals surface area contributed by atoms with E-state index in [-0.39, 0.29) is 0 Å². The summed E-state index contributed by atoms with van der Waals surface area (Å²) in [6.45, 7) is 3.77. The van der Waals surface area contributed by atoms with Crippen LogP contribution >= 0.6 is 11.8 Å². The van der Waals surface area contributed by atoms with Crippen molar-refractivity contribution in [3.8, 4) is 0 Å². The summed E-state index contributed by atoms with van der Waals surface area (Å²) in [7, 11) is 1.80. The van der Waals surface area contributed by atoms with Crippen molar-refractivity contribution in [1.29, 1.82) is 0 Å². The highest BCUT2D eigenvalue weighted by Gasteiger charge is 2.15. The van der Waals surface area contributed by atoms with E-state index in [0.29, 0.717) is 0 Å². The Labute approximate surface area is 112 Å². The number of nitrogens with zero attached hydrogens (tertiary/aromatic N) is 2. The third-order valence-electron chi connectivity index (χ3n) is 3.13. The molecule has 1 aromatic heterocycles. The van der Waals surface area contributed by atoms with Crippen molar-refractivity contribution in [3.63, 3.8) is 0 Å². The second kappa shape index (κ2) is 6.68. The fourth-order valence-corrected chi connectivity index (χ4v) is 3.17. The van der Waals surface area contributed by atoms with Crippen LogP contribution in [-0.2, 0) is 6.54 Å². The molecular formula is C12H21N5S. The van der Waals surface area contributed by atoms with Crippen molar-refractivity contribution >= 4 is 17.7 Å². The van der Waals surface area contributed by atoms with E-state index >= 15 is 0 Å². The fraction of sp³-hybridized carbons (Fsp3) is 0.667. The molecule has 5 nitrogen and oxygen atoms in total. The lowest BCUT2D eigenvalue weighted by Gasteiger charge is -2.14. The minimum atomic E-state index is 0.735. The Morgan fingerprint density at radius 2 is 2.50 bits per heavy atom. The number of rotatable bonds is 4. The van der Waals surface area contributed by atoms with Gasteiger partial charge in [-0.1, -0.05) is 0 Å². The molecule has 2 rings (SSSR count). The van der Waals surface area contributed by atoms with E-state index in [0.717, 1.165) is 30.0 Å². The van der Waals surface area contributed by atoms with Crippen molar-refractivity contribution in [2.75, 3.05) is 19.3 Å². The number of nitrogens with one attached hydrogen (secondary N) is 3. The van der Waals surface area contributed by atoms with E-state index in [9.17, 15) is 0 Å². The lowest BCUT2D eigenvalue weighted by Crippen LogP contribution is -2.39. The van der Waals surface area contributed by atoms with Gasteiger partial charge >= 0.3 is 0 Å². The van der Waals surface area contributed by atoms with Gasteiger partial charge in [0.05, 0.1) is 6.20 Å². The van der Waals surface area contributed by atoms with Crippen molar-refractivity contribution in [1.82, 2.24) is 20.8 Å². The highest BCUT2D eigenvalue weighted by atomic mass is 32.2. The van der Waals surface area contributed by atoms with Crippen LogP contribution in [0.4, 0.5) is 0 Å². The Balaban J connectivity index is 1.74. The number of aryl methyl sites for hydroxylation is 1. The van der Waals surface area contributed by atoms with Crippen LogP contribution in [0.25, 0.3) is 0 Å². The third kappa shape index (κ3) is 3.66. The second-order valence-corrected chi connectivity index (χ2v) is 5.87. The Bertz CT molecular complexity index is 395. The Hall–Kier alpha value is -1.17. The first kappa shape index (κ1) is 13.3. The van der Waals surface area contributed by atoms with Gasteiger partial charge in [-0.25, -0.2) is 0 Å². The number of aliphatic imine (C=N–C) groups is 1. The van der Waals surface area contributed by atoms with Gasteiger partial charge in [0, 0.05) is 36.6 Å². The number of H-pyrrole nitrogens is 1. The van der Waals surface area contributed by atoms with Gasteiger partial charge in [0.15, 0.2) is 5.96 Å². The molecule has 100 valence electrons. The lowest BCUT2D eigenvalue weighted by molar-refractivity contribution is 0.725. The van der Waals surface area contributed by atoms with Crippen LogP contribution < -0.4 is 10.6 Å². The minimum Gasteiger partial charge on any atom is -0.355 e. The number of hydrogen-bond acceptors (Lipinski definition) is 3. The van der Waals surface area contributed by atoms with Crippen molar-refractivity contribution in [2.24, 2.45) is 4.99 Å². The molecule has 2 heterocycles. The SMILES string of the molecule is CN=C(NCc1cn[nH]c1C)NCC1CCCS1. The molecule has 1 atom stereocenters. The highest BCUT2D eigenvalue weighted by molar-refractivity contribution is 8.00. The second-order valence-electron chi connectivity index (χ2n) is 4.46. The maximum atomic E-state index is 4.23. The summed E-state index contributed by atoms with van der Waals surface area (Å²) in [6.07, 6.45) is 4.51. The number of guanidine groups is 1. The van der Waals surface area contributed by atoms with Gasteiger partial charge in [0.2, 0.25) is 0 Å². The normalized spacial score (nSPS) is 20.1. The summed E-state index contributed by atoms with van der Waals surface area (Å²) in [5, 5.41) is 14.4. The van der Waals surface area contributed by atoms with Gasteiger partial charge in [0.25, 0.3) is 0 Å². The topological polar surface area (TPSA) is 65.1 Å². The molecular weight excluding hydrogens is 246 g/mol. The van der Waals surface area contributed by atoms with Crippen LogP contribution in [0.3, 0.4) is 0 Å². The molecule has 1 saturated heterocycles. The minimum absolute atomic E-state index is 0.735. The summed E-state index contributed by atoms with van der Waals surface area (Å²) >= 11 is 2.05. The predicted octanol–water partition coefficient (Wildman–Crippen LogP) is 1.28. The number of thioether (sulfide) groups is 1. The molecule has 1 unspecified atom stereocenters. The smallest absolute Gasteiger partial charge is 0.191 e. The van der Waals surface area contributed by atoms with Crippen LogP contribution in [0.15, 0.2) is 11.2 Å². The van der Waals surface area contributed by atoms with E-state index < -0.39 is 0 Å². The first-order valence-electron chi connectivity index (χ1n) is 6.34. The maximum absolute atomic E-state index is 4.23. The molecule has 6 heteroatoms. The maximum Gasteiger partial charge on any atom is 0.191 e. The molecule has 1 aliphatic heterocycles. The third-order valence-corrected chi connectivity index (χ3v) is 4.52. The first-order chi connectivity index (χ1) is 8.79. The summed E-state index contributed by atoms with van der Waals surface area (Å²) in [6, 6.07) is 0. The molecule has 0 radical (unpaired) electrons. The average molecular weight is 267 g/mol. The average Bonchev–Trinajstić information content (AvgIpc) is 3.01. The highest BCUT2D eigenvalue weighted by Crippen LogP contribution is 2.25. The predicted molar refractivity (Wildman–Crippen MR) is 77.0 cm³/mol. The molecule has 0 aromatic carbocycles. The molecule has 0 bridgehead atoms. The van der Waals surface area contributed by atoms with Gasteiger partial charge in [0.1, 0.15) is 0 Å². The molecule has 0 spiro atoms. The van der Waals surface area contributed by atoms with Crippen LogP contribution in [0.1, 0.15) is 24.1 Å². The lowest BCUT2D eigenvalue weighted by atomic mass is 10.2. The molecule has 0 saturated carbocycles. The van der Waals surface area contributed by atoms with E-state index in [1.807, 2.05) is 13.1 Å². The van der Waals surface area contributed by atoms with Gasteiger partial charge in [-0.15, -0.1) is 0 Å². The summed E-state index contributed by atoms with van der Waals surface area (Å²) < 4.78 is 0. The largest absolute Gasteiger partial charge is 0.355 e. The van der Waals surface area contributed by atoms with Gasteiger partial charge in [-0.3, -0.25) is 10.1 Å². The van der Waals surface area contributed by atoms with Crippen molar-refractivity contribution in [3.05, 3.63) is 17.5 Å². The van der Waals surface area contributed by atoms with Crippen molar-refractivity contribution < 1.29 is 0 Å². The quantitative estimate of drug-likeness (QED) is 0.568. The van der Waals surface area contributed by atoms with Crippen LogP contribution in [-0.4, -0.2) is 40.8 Å². The number of aromatic nitrogens is 2. The van der Waals surface area contributed by atoms with E-state index in [1.165, 1.54) is 24.2 Å². The van der Waals surface area contributed by atoms with E-state index in [1.54, 1.807) is 7.05 Å². The molecule has 0 aliphatic carbocycles. The standard InChI is InChI=1S/C12H21N5S/c1-9-10(7-16-17-9)6-14-12(13-2)15-8-11-4-3-5-18-11/h7,11H,3-6,8H2,1-2H3,(H,16,17)(H2,13,14,15). The zero-order valence-electron chi connectivity index (χ0n) is 11.0. The molecule has 3 N–H and O–H groups in total. The first-order valence-corrected chi connectivity index (χ1v) is 7.39. The summed E-state index contributed by atoms with van der Waals surface area (Å²) in [4.78, 5) is 4.23. The summed E-state index contributed by atoms with van der Waals surface area (Å²) in [5.41, 5.74) is 2.28. The van der Waals surface area contributed by atoms with Crippen LogP contribution in [0.5, 0.6) is 0 Å². The number of hydrogen-bond donors (Lipinski definition) is 3. The van der Waals surface area contributed by atoms with E-state index in [4.69, 9.17) is 0 Å². The molecule has 1 aromatic rings. The molecule has 1 fully saturated rings. The van der Waals surface area contributed by atoms with Gasteiger partial charge < -0.3 is 10.6 Å². The van der Waals surface area contributed by atoms with Gasteiger partial charge in [-0.05, 0) is 25.5 Å². The Morgan fingerprint density at radius 1 is 1.61 bits per heavy atom. The van der Waals surface area contributed by atoms with Crippen LogP contribution in [0.2, 0.25) is 0 Å². The Kier molecular flexibility index (Phi) is 4.92. The fourth-order valence-electron chi connectivity index (χ4n) is 1.97. The zero-order valence-corrected chi connectivity index (χ0v) is 11.8. The summed E-state index contributed by atoms with van der Waals surface area (Å²) in [5.74, 6) is 2.16. The number of aromatic amines is 1. The van der Waals surface area contributed by atoms with Crippen molar-refractivity contribution in [2.45, 2.75) is 31.6 Å². The molecule has 18 heavy (non-hydrogen) atoms. The van der Waals surface area contributed by atoms with Crippen LogP contribution in [0, 0.1) is 6.92 Å². The molecule has 0 amide bonds.